The Balaban J connectivity index is 0.000000161. The molecule has 2 heterocycles. The summed E-state index contributed by atoms with van der Waals surface area (Å²) in [5, 5.41) is 5.36. The summed E-state index contributed by atoms with van der Waals surface area (Å²) in [6.07, 6.45) is 4.03. The Bertz CT molecular complexity index is 957. The fourth-order valence-electron chi connectivity index (χ4n) is 2.72. The van der Waals surface area contributed by atoms with Crippen LogP contribution in [0.5, 0.6) is 0 Å². The van der Waals surface area contributed by atoms with Crippen LogP contribution >= 0.6 is 0 Å². The summed E-state index contributed by atoms with van der Waals surface area (Å²) in [5.74, 6) is -0.901. The molecule has 0 amide bonds. The molecule has 10 heteroatoms. The van der Waals surface area contributed by atoms with Gasteiger partial charge in [0.05, 0.1) is 25.3 Å². The van der Waals surface area contributed by atoms with Gasteiger partial charge in [0, 0.05) is 12.1 Å². The molecule has 28 heavy (non-hydrogen) atoms. The lowest BCUT2D eigenvalue weighted by Gasteiger charge is -2.04. The van der Waals surface area contributed by atoms with Crippen LogP contribution in [0.15, 0.2) is 21.7 Å². The highest BCUT2D eigenvalue weighted by atomic mass is 16.5. The van der Waals surface area contributed by atoms with Gasteiger partial charge in [-0.1, -0.05) is 0 Å². The van der Waals surface area contributed by atoms with Gasteiger partial charge in [0.25, 0.3) is 11.1 Å². The van der Waals surface area contributed by atoms with Crippen LogP contribution in [0.25, 0.3) is 0 Å². The number of rotatable bonds is 6. The van der Waals surface area contributed by atoms with Gasteiger partial charge in [0.15, 0.2) is 0 Å². The molecule has 2 aromatic heterocycles. The van der Waals surface area contributed by atoms with E-state index in [1.54, 1.807) is 18.5 Å². The monoisotopic (exact) mass is 392 g/mol. The third-order valence-corrected chi connectivity index (χ3v) is 4.31. The summed E-state index contributed by atoms with van der Waals surface area (Å²) in [4.78, 5) is 45.1. The molecule has 0 aromatic carbocycles. The number of carbonyl (C=O) groups excluding carboxylic acids is 2. The molecule has 0 atom stereocenters. The normalized spacial score (nSPS) is 15.5. The van der Waals surface area contributed by atoms with E-state index in [9.17, 15) is 19.2 Å². The average Bonchev–Trinajstić information content (AvgIpc) is 3.58. The number of hydrogen-bond acceptors (Lipinski definition) is 6. The summed E-state index contributed by atoms with van der Waals surface area (Å²) < 4.78 is 12.7. The Morgan fingerprint density at radius 3 is 2.07 bits per heavy atom. The van der Waals surface area contributed by atoms with E-state index in [0.29, 0.717) is 18.9 Å². The van der Waals surface area contributed by atoms with Crippen molar-refractivity contribution >= 4 is 11.9 Å². The predicted molar refractivity (Wildman–Crippen MR) is 98.6 cm³/mol. The van der Waals surface area contributed by atoms with Crippen LogP contribution < -0.4 is 11.1 Å². The van der Waals surface area contributed by atoms with Gasteiger partial charge in [0.2, 0.25) is 0 Å². The Morgan fingerprint density at radius 2 is 1.50 bits per heavy atom. The maximum atomic E-state index is 11.4. The molecule has 152 valence electrons. The van der Waals surface area contributed by atoms with E-state index in [4.69, 9.17) is 9.47 Å². The molecule has 0 bridgehead atoms. The molecule has 0 spiro atoms. The minimum atomic E-state index is -0.469. The number of esters is 2. The summed E-state index contributed by atoms with van der Waals surface area (Å²) in [6, 6.07) is 3.11. The molecule has 0 saturated heterocycles. The van der Waals surface area contributed by atoms with Crippen LogP contribution in [0.4, 0.5) is 0 Å². The highest BCUT2D eigenvalue weighted by Crippen LogP contribution is 2.34. The van der Waals surface area contributed by atoms with Crippen LogP contribution in [0.1, 0.15) is 72.6 Å². The first-order valence-electron chi connectivity index (χ1n) is 9.41. The molecule has 0 radical (unpaired) electrons. The predicted octanol–water partition coefficient (Wildman–Crippen LogP) is 1.38. The van der Waals surface area contributed by atoms with Crippen molar-refractivity contribution in [3.8, 4) is 0 Å². The number of aromatic nitrogens is 4. The van der Waals surface area contributed by atoms with Crippen LogP contribution in [-0.2, 0) is 9.47 Å². The van der Waals surface area contributed by atoms with Crippen molar-refractivity contribution in [2.75, 3.05) is 13.2 Å². The number of nitrogens with zero attached hydrogens (tertiary/aromatic N) is 2. The molecule has 2 saturated carbocycles. The molecule has 2 N–H and O–H groups in total. The standard InChI is InChI=1S/2C9H12N2O3/c1-2-14-9(13)7-5-8(12)10-11(7)6-3-4-6;1-2-14-9(13)7-5-8(12)11(10-7)6-3-4-6/h5-6H,2-4H2,1H3,(H,10,12);5-6,10H,2-4H2,1H3. The number of carbonyl (C=O) groups is 2. The topological polar surface area (TPSA) is 128 Å². The maximum absolute atomic E-state index is 11.4. The Hall–Kier alpha value is -3.04. The van der Waals surface area contributed by atoms with Gasteiger partial charge in [0.1, 0.15) is 11.4 Å². The Labute approximate surface area is 160 Å². The van der Waals surface area contributed by atoms with Gasteiger partial charge in [-0.15, -0.1) is 0 Å². The summed E-state index contributed by atoms with van der Waals surface area (Å²) in [7, 11) is 0. The van der Waals surface area contributed by atoms with E-state index in [0.717, 1.165) is 25.7 Å². The third kappa shape index (κ3) is 4.62. The quantitative estimate of drug-likeness (QED) is 0.715. The van der Waals surface area contributed by atoms with Gasteiger partial charge < -0.3 is 9.47 Å². The fourth-order valence-corrected chi connectivity index (χ4v) is 2.72. The summed E-state index contributed by atoms with van der Waals surface area (Å²) in [6.45, 7) is 4.11. The number of nitrogens with one attached hydrogen (secondary N) is 2. The average molecular weight is 392 g/mol. The van der Waals surface area contributed by atoms with Crippen molar-refractivity contribution in [1.82, 2.24) is 19.6 Å². The number of aromatic amines is 2. The highest BCUT2D eigenvalue weighted by Gasteiger charge is 2.29. The minimum Gasteiger partial charge on any atom is -0.461 e. The van der Waals surface area contributed by atoms with E-state index in [1.807, 2.05) is 0 Å². The molecule has 2 aromatic rings. The first-order valence-corrected chi connectivity index (χ1v) is 9.41. The molecule has 2 aliphatic carbocycles. The Kier molecular flexibility index (Phi) is 5.86. The van der Waals surface area contributed by atoms with Crippen molar-refractivity contribution in [3.05, 3.63) is 44.2 Å². The molecule has 0 unspecified atom stereocenters. The maximum Gasteiger partial charge on any atom is 0.356 e. The Morgan fingerprint density at radius 1 is 0.929 bits per heavy atom. The van der Waals surface area contributed by atoms with Crippen LogP contribution in [-0.4, -0.2) is 44.7 Å². The molecule has 2 fully saturated rings. The van der Waals surface area contributed by atoms with Crippen molar-refractivity contribution in [2.24, 2.45) is 0 Å². The van der Waals surface area contributed by atoms with E-state index in [1.165, 1.54) is 16.8 Å². The number of hydrogen-bond donors (Lipinski definition) is 2. The zero-order valence-corrected chi connectivity index (χ0v) is 15.9. The fraction of sp³-hybridized carbons (Fsp3) is 0.556. The van der Waals surface area contributed by atoms with Crippen LogP contribution in [0.3, 0.4) is 0 Å². The zero-order valence-electron chi connectivity index (χ0n) is 15.9. The molecule has 4 rings (SSSR count). The molecular weight excluding hydrogens is 368 g/mol. The second kappa shape index (κ2) is 8.32. The zero-order chi connectivity index (χ0) is 20.3. The van der Waals surface area contributed by atoms with E-state index < -0.39 is 11.9 Å². The third-order valence-electron chi connectivity index (χ3n) is 4.31. The van der Waals surface area contributed by atoms with Gasteiger partial charge in [-0.3, -0.25) is 24.5 Å². The first-order chi connectivity index (χ1) is 13.4. The van der Waals surface area contributed by atoms with Crippen molar-refractivity contribution in [2.45, 2.75) is 51.6 Å². The SMILES string of the molecule is CCOC(=O)c1cc(=O)[nH]n1C1CC1.CCOC(=O)c1cc(=O)n(C2CC2)[nH]1. The van der Waals surface area contributed by atoms with Gasteiger partial charge in [-0.2, -0.15) is 0 Å². The molecular formula is C18H24N4O6. The van der Waals surface area contributed by atoms with Crippen LogP contribution in [0.2, 0.25) is 0 Å². The lowest BCUT2D eigenvalue weighted by Crippen LogP contribution is -2.13. The van der Waals surface area contributed by atoms with Gasteiger partial charge in [-0.05, 0) is 39.5 Å². The molecule has 10 nitrogen and oxygen atoms in total. The second-order valence-corrected chi connectivity index (χ2v) is 6.66. The summed E-state index contributed by atoms with van der Waals surface area (Å²) >= 11 is 0. The van der Waals surface area contributed by atoms with Crippen molar-refractivity contribution in [1.29, 1.82) is 0 Å². The van der Waals surface area contributed by atoms with E-state index >= 15 is 0 Å². The van der Waals surface area contributed by atoms with Gasteiger partial charge in [-0.25, -0.2) is 14.3 Å². The number of ether oxygens (including phenoxy) is 2. The molecule has 2 aliphatic rings. The highest BCUT2D eigenvalue weighted by molar-refractivity contribution is 5.87. The summed E-state index contributed by atoms with van der Waals surface area (Å²) in [5.41, 5.74) is 0.165. The van der Waals surface area contributed by atoms with Crippen LogP contribution in [0, 0.1) is 0 Å². The van der Waals surface area contributed by atoms with Crippen molar-refractivity contribution < 1.29 is 19.1 Å². The van der Waals surface area contributed by atoms with Gasteiger partial charge >= 0.3 is 11.9 Å². The largest absolute Gasteiger partial charge is 0.461 e. The van der Waals surface area contributed by atoms with E-state index in [2.05, 4.69) is 10.2 Å². The first kappa shape index (κ1) is 19.7. The number of H-pyrrole nitrogens is 2. The van der Waals surface area contributed by atoms with Crippen molar-refractivity contribution in [3.63, 3.8) is 0 Å². The molecule has 0 aliphatic heterocycles. The lowest BCUT2D eigenvalue weighted by molar-refractivity contribution is 0.0505. The second-order valence-electron chi connectivity index (χ2n) is 6.66. The minimum absolute atomic E-state index is 0.157. The lowest BCUT2D eigenvalue weighted by atomic mass is 10.4. The smallest absolute Gasteiger partial charge is 0.356 e. The van der Waals surface area contributed by atoms with E-state index in [-0.39, 0.29) is 28.9 Å².